The van der Waals surface area contributed by atoms with Crippen LogP contribution < -0.4 is 15.0 Å². The van der Waals surface area contributed by atoms with E-state index < -0.39 is 0 Å². The molecule has 1 fully saturated rings. The Bertz CT molecular complexity index is 400. The van der Waals surface area contributed by atoms with E-state index in [1.807, 2.05) is 7.05 Å². The third-order valence-corrected chi connectivity index (χ3v) is 3.12. The van der Waals surface area contributed by atoms with Crippen molar-refractivity contribution in [1.82, 2.24) is 9.97 Å². The summed E-state index contributed by atoms with van der Waals surface area (Å²) in [5.41, 5.74) is 0. The summed E-state index contributed by atoms with van der Waals surface area (Å²) >= 11 is 0. The van der Waals surface area contributed by atoms with Crippen LogP contribution in [0.4, 0.5) is 11.6 Å². The molecule has 2 heterocycles. The monoisotopic (exact) mass is 252 g/mol. The van der Waals surface area contributed by atoms with E-state index in [0.29, 0.717) is 11.6 Å². The van der Waals surface area contributed by atoms with E-state index in [9.17, 15) is 0 Å². The maximum Gasteiger partial charge on any atom is 0.204 e. The zero-order chi connectivity index (χ0) is 13.0. The number of hydrogen-bond donors (Lipinski definition) is 1. The summed E-state index contributed by atoms with van der Waals surface area (Å²) in [4.78, 5) is 10.7. The summed E-state index contributed by atoms with van der Waals surface area (Å²) in [6, 6.07) is 0. The number of hydrogen-bond acceptors (Lipinski definition) is 6. The van der Waals surface area contributed by atoms with Crippen molar-refractivity contribution in [2.75, 3.05) is 44.1 Å². The fourth-order valence-corrected chi connectivity index (χ4v) is 2.11. The van der Waals surface area contributed by atoms with Gasteiger partial charge in [-0.1, -0.05) is 6.92 Å². The molecule has 1 unspecified atom stereocenters. The second-order valence-electron chi connectivity index (χ2n) is 4.18. The van der Waals surface area contributed by atoms with E-state index in [1.54, 1.807) is 13.4 Å². The van der Waals surface area contributed by atoms with Gasteiger partial charge >= 0.3 is 0 Å². The van der Waals surface area contributed by atoms with Gasteiger partial charge in [0.05, 0.1) is 19.8 Å². The Kier molecular flexibility index (Phi) is 4.19. The lowest BCUT2D eigenvalue weighted by molar-refractivity contribution is 0.0380. The first kappa shape index (κ1) is 12.9. The van der Waals surface area contributed by atoms with Crippen molar-refractivity contribution in [1.29, 1.82) is 0 Å². The minimum atomic E-state index is 0.261. The summed E-state index contributed by atoms with van der Waals surface area (Å²) < 4.78 is 11.1. The number of rotatable bonds is 4. The maximum absolute atomic E-state index is 5.67. The zero-order valence-electron chi connectivity index (χ0n) is 11.1. The van der Waals surface area contributed by atoms with Crippen LogP contribution in [-0.2, 0) is 4.74 Å². The molecule has 6 nitrogen and oxygen atoms in total. The van der Waals surface area contributed by atoms with Gasteiger partial charge in [-0.2, -0.15) is 0 Å². The maximum atomic E-state index is 5.67. The predicted octanol–water partition coefficient (Wildman–Crippen LogP) is 1.14. The molecule has 0 amide bonds. The molecule has 100 valence electrons. The highest BCUT2D eigenvalue weighted by Crippen LogP contribution is 2.32. The fourth-order valence-electron chi connectivity index (χ4n) is 2.11. The molecule has 18 heavy (non-hydrogen) atoms. The third-order valence-electron chi connectivity index (χ3n) is 3.12. The van der Waals surface area contributed by atoms with E-state index in [1.165, 1.54) is 0 Å². The quantitative estimate of drug-likeness (QED) is 0.867. The Balaban J connectivity index is 2.26. The van der Waals surface area contributed by atoms with Crippen LogP contribution in [-0.4, -0.2) is 49.9 Å². The van der Waals surface area contributed by atoms with E-state index in [-0.39, 0.29) is 6.10 Å². The van der Waals surface area contributed by atoms with Crippen molar-refractivity contribution in [3.05, 3.63) is 6.33 Å². The molecule has 1 aliphatic heterocycles. The summed E-state index contributed by atoms with van der Waals surface area (Å²) in [7, 11) is 3.46. The van der Waals surface area contributed by atoms with Crippen molar-refractivity contribution >= 4 is 11.6 Å². The SMILES string of the molecule is CCC1CN(c2ncnc(NC)c2OC)CCO1. The first-order valence-corrected chi connectivity index (χ1v) is 6.23. The molecule has 0 saturated carbocycles. The fraction of sp³-hybridized carbons (Fsp3) is 0.667. The molecule has 2 rings (SSSR count). The highest BCUT2D eigenvalue weighted by molar-refractivity contribution is 5.64. The van der Waals surface area contributed by atoms with Crippen LogP contribution in [0.25, 0.3) is 0 Å². The van der Waals surface area contributed by atoms with Gasteiger partial charge in [-0.25, -0.2) is 9.97 Å². The minimum absolute atomic E-state index is 0.261. The average molecular weight is 252 g/mol. The first-order valence-electron chi connectivity index (χ1n) is 6.23. The van der Waals surface area contributed by atoms with Crippen LogP contribution in [0.3, 0.4) is 0 Å². The predicted molar refractivity (Wildman–Crippen MR) is 70.4 cm³/mol. The van der Waals surface area contributed by atoms with Crippen LogP contribution in [0.15, 0.2) is 6.33 Å². The second kappa shape index (κ2) is 5.86. The molecule has 0 radical (unpaired) electrons. The molecular formula is C12H20N4O2. The summed E-state index contributed by atoms with van der Waals surface area (Å²) in [5, 5.41) is 3.02. The van der Waals surface area contributed by atoms with Gasteiger partial charge in [0.25, 0.3) is 0 Å². The Labute approximate surface area is 107 Å². The van der Waals surface area contributed by atoms with Crippen LogP contribution in [0.1, 0.15) is 13.3 Å². The second-order valence-corrected chi connectivity index (χ2v) is 4.18. The van der Waals surface area contributed by atoms with E-state index >= 15 is 0 Å². The van der Waals surface area contributed by atoms with Gasteiger partial charge in [-0.05, 0) is 6.42 Å². The van der Waals surface area contributed by atoms with E-state index in [4.69, 9.17) is 9.47 Å². The van der Waals surface area contributed by atoms with Crippen molar-refractivity contribution in [3.8, 4) is 5.75 Å². The van der Waals surface area contributed by atoms with Crippen molar-refractivity contribution in [2.24, 2.45) is 0 Å². The Hall–Kier alpha value is -1.56. The molecule has 0 bridgehead atoms. The standard InChI is InChI=1S/C12H20N4O2/c1-4-9-7-16(5-6-18-9)12-10(17-3)11(13-2)14-8-15-12/h8-9H,4-7H2,1-3H3,(H,13,14,15). The highest BCUT2D eigenvalue weighted by atomic mass is 16.5. The molecule has 1 atom stereocenters. The Morgan fingerprint density at radius 1 is 1.56 bits per heavy atom. The van der Waals surface area contributed by atoms with Gasteiger partial charge in [-0.15, -0.1) is 0 Å². The normalized spacial score (nSPS) is 19.7. The van der Waals surface area contributed by atoms with Crippen molar-refractivity contribution < 1.29 is 9.47 Å². The Morgan fingerprint density at radius 2 is 2.39 bits per heavy atom. The number of anilines is 2. The molecule has 0 spiro atoms. The number of ether oxygens (including phenoxy) is 2. The Morgan fingerprint density at radius 3 is 3.06 bits per heavy atom. The lowest BCUT2D eigenvalue weighted by Crippen LogP contribution is -2.42. The molecule has 1 N–H and O–H groups in total. The van der Waals surface area contributed by atoms with E-state index in [0.717, 1.165) is 31.9 Å². The smallest absolute Gasteiger partial charge is 0.204 e. The zero-order valence-corrected chi connectivity index (χ0v) is 11.1. The van der Waals surface area contributed by atoms with Gasteiger partial charge in [-0.3, -0.25) is 0 Å². The molecule has 6 heteroatoms. The molecule has 0 aromatic carbocycles. The molecule has 0 aliphatic carbocycles. The summed E-state index contributed by atoms with van der Waals surface area (Å²) in [5.74, 6) is 2.23. The molecule has 1 aliphatic rings. The average Bonchev–Trinajstić information content (AvgIpc) is 2.46. The lowest BCUT2D eigenvalue weighted by Gasteiger charge is -2.34. The number of nitrogens with zero attached hydrogens (tertiary/aromatic N) is 3. The van der Waals surface area contributed by atoms with Gasteiger partial charge in [0.2, 0.25) is 5.75 Å². The van der Waals surface area contributed by atoms with Crippen LogP contribution >= 0.6 is 0 Å². The summed E-state index contributed by atoms with van der Waals surface area (Å²) in [6.45, 7) is 4.52. The molecular weight excluding hydrogens is 232 g/mol. The van der Waals surface area contributed by atoms with E-state index in [2.05, 4.69) is 27.1 Å². The molecule has 1 saturated heterocycles. The molecule has 1 aromatic heterocycles. The molecule has 1 aromatic rings. The lowest BCUT2D eigenvalue weighted by atomic mass is 10.2. The van der Waals surface area contributed by atoms with Crippen LogP contribution in [0.2, 0.25) is 0 Å². The number of methoxy groups -OCH3 is 1. The topological polar surface area (TPSA) is 59.5 Å². The van der Waals surface area contributed by atoms with Crippen molar-refractivity contribution in [2.45, 2.75) is 19.4 Å². The van der Waals surface area contributed by atoms with Gasteiger partial charge < -0.3 is 19.7 Å². The van der Waals surface area contributed by atoms with Gasteiger partial charge in [0, 0.05) is 20.1 Å². The first-order chi connectivity index (χ1) is 8.80. The van der Waals surface area contributed by atoms with Crippen LogP contribution in [0, 0.1) is 0 Å². The number of nitrogens with one attached hydrogen (secondary N) is 1. The van der Waals surface area contributed by atoms with Crippen LogP contribution in [0.5, 0.6) is 5.75 Å². The minimum Gasteiger partial charge on any atom is -0.490 e. The largest absolute Gasteiger partial charge is 0.490 e. The number of morpholine rings is 1. The van der Waals surface area contributed by atoms with Gasteiger partial charge in [0.15, 0.2) is 11.6 Å². The highest BCUT2D eigenvalue weighted by Gasteiger charge is 2.24. The van der Waals surface area contributed by atoms with Crippen molar-refractivity contribution in [3.63, 3.8) is 0 Å². The summed E-state index contributed by atoms with van der Waals surface area (Å²) in [6.07, 6.45) is 2.82. The number of aromatic nitrogens is 2. The van der Waals surface area contributed by atoms with Gasteiger partial charge in [0.1, 0.15) is 6.33 Å². The third kappa shape index (κ3) is 2.48.